The molecule has 0 bridgehead atoms. The van der Waals surface area contributed by atoms with Gasteiger partial charge in [-0.2, -0.15) is 0 Å². The Morgan fingerprint density at radius 3 is 2.62 bits per heavy atom. The van der Waals surface area contributed by atoms with Crippen LogP contribution in [0.4, 0.5) is 13.2 Å². The minimum Gasteiger partial charge on any atom is -0.495 e. The van der Waals surface area contributed by atoms with Gasteiger partial charge in [0.2, 0.25) is 0 Å². The number of aliphatic hydroxyl groups is 2. The molecule has 5 rings (SSSR count). The third kappa shape index (κ3) is 4.66. The molecule has 1 fully saturated rings. The molecule has 4 aromatic rings. The summed E-state index contributed by atoms with van der Waals surface area (Å²) in [5.41, 5.74) is 0.567. The molecule has 0 saturated carbocycles. The average Bonchev–Trinajstić information content (AvgIpc) is 3.57. The Morgan fingerprint density at radius 1 is 1.16 bits per heavy atom. The fraction of sp³-hybridized carbons (Fsp3) is 0.304. The summed E-state index contributed by atoms with van der Waals surface area (Å²) in [6.07, 6.45) is -0.0786. The normalized spacial score (nSPS) is 21.8. The number of rotatable bonds is 6. The number of hydrogen-bond acceptors (Lipinski definition) is 8. The topological polar surface area (TPSA) is 120 Å². The monoisotopic (exact) mass is 536 g/mol. The lowest BCUT2D eigenvalue weighted by Crippen LogP contribution is -2.45. The van der Waals surface area contributed by atoms with Crippen LogP contribution in [0, 0.1) is 17.5 Å². The van der Waals surface area contributed by atoms with Crippen molar-refractivity contribution in [1.29, 1.82) is 0 Å². The largest absolute Gasteiger partial charge is 0.495 e. The second kappa shape index (κ2) is 10.1. The van der Waals surface area contributed by atoms with Crippen LogP contribution in [-0.2, 0) is 4.74 Å². The number of ether oxygens (including phenoxy) is 2. The first-order chi connectivity index (χ1) is 17.8. The summed E-state index contributed by atoms with van der Waals surface area (Å²) in [5.74, 6) is -3.49. The first kappa shape index (κ1) is 25.1. The molecule has 2 aromatic carbocycles. The van der Waals surface area contributed by atoms with Crippen LogP contribution in [0.3, 0.4) is 0 Å². The number of methoxy groups -OCH3 is 1. The number of benzene rings is 2. The predicted molar refractivity (Wildman–Crippen MR) is 123 cm³/mol. The van der Waals surface area contributed by atoms with Gasteiger partial charge in [0.1, 0.15) is 36.1 Å². The van der Waals surface area contributed by atoms with E-state index in [0.717, 1.165) is 12.1 Å². The van der Waals surface area contributed by atoms with E-state index in [1.165, 1.54) is 24.3 Å². The van der Waals surface area contributed by atoms with Crippen molar-refractivity contribution in [1.82, 2.24) is 29.8 Å². The van der Waals surface area contributed by atoms with Gasteiger partial charge in [0.05, 0.1) is 31.6 Å². The first-order valence-electron chi connectivity index (χ1n) is 11.1. The highest BCUT2D eigenvalue weighted by Gasteiger charge is 2.41. The lowest BCUT2D eigenvalue weighted by atomic mass is 9.95. The zero-order chi connectivity index (χ0) is 26.3. The van der Waals surface area contributed by atoms with Gasteiger partial charge in [-0.3, -0.25) is 4.57 Å². The summed E-state index contributed by atoms with van der Waals surface area (Å²) in [5, 5.41) is 37.3. The molecule has 1 aliphatic rings. The molecule has 1 aliphatic heterocycles. The fourth-order valence-electron chi connectivity index (χ4n) is 4.31. The molecule has 4 unspecified atom stereocenters. The van der Waals surface area contributed by atoms with E-state index in [1.54, 1.807) is 22.8 Å². The van der Waals surface area contributed by atoms with Gasteiger partial charge >= 0.3 is 0 Å². The van der Waals surface area contributed by atoms with Gasteiger partial charge in [-0.1, -0.05) is 16.8 Å². The van der Waals surface area contributed by atoms with E-state index in [-0.39, 0.29) is 17.7 Å². The Hall–Kier alpha value is -3.52. The number of aliphatic hydroxyl groups excluding tert-OH is 2. The lowest BCUT2D eigenvalue weighted by Gasteiger charge is -2.38. The highest BCUT2D eigenvalue weighted by Crippen LogP contribution is 2.39. The number of aromatic nitrogens is 6. The van der Waals surface area contributed by atoms with Crippen molar-refractivity contribution in [2.24, 2.45) is 0 Å². The Kier molecular flexibility index (Phi) is 6.86. The van der Waals surface area contributed by atoms with Crippen LogP contribution in [-0.4, -0.2) is 65.9 Å². The molecule has 0 radical (unpaired) electrons. The fourth-order valence-corrected chi connectivity index (χ4v) is 4.48. The highest BCUT2D eigenvalue weighted by atomic mass is 35.5. The quantitative estimate of drug-likeness (QED) is 0.361. The molecular formula is C23H20ClF3N6O4. The van der Waals surface area contributed by atoms with E-state index in [1.807, 2.05) is 0 Å². The molecule has 4 atom stereocenters. The maximum Gasteiger partial charge on any atom is 0.194 e. The van der Waals surface area contributed by atoms with Gasteiger partial charge in [-0.25, -0.2) is 17.9 Å². The molecular weight excluding hydrogens is 517 g/mol. The summed E-state index contributed by atoms with van der Waals surface area (Å²) < 4.78 is 55.1. The SMILES string of the molecule is COc1ccc(Cl)cc1-n1cnnc1C1CC(n2cc(-c3cc(F)c(F)c(F)c3)nn2)C(O)C(CO)O1. The molecule has 14 heteroatoms. The third-order valence-corrected chi connectivity index (χ3v) is 6.38. The Morgan fingerprint density at radius 2 is 1.92 bits per heavy atom. The van der Waals surface area contributed by atoms with Gasteiger partial charge in [0.15, 0.2) is 23.3 Å². The van der Waals surface area contributed by atoms with E-state index in [2.05, 4.69) is 20.5 Å². The van der Waals surface area contributed by atoms with E-state index < -0.39 is 48.4 Å². The van der Waals surface area contributed by atoms with Crippen molar-refractivity contribution >= 4 is 11.6 Å². The molecule has 0 amide bonds. The predicted octanol–water partition coefficient (Wildman–Crippen LogP) is 3.03. The summed E-state index contributed by atoms with van der Waals surface area (Å²) >= 11 is 6.18. The van der Waals surface area contributed by atoms with Gasteiger partial charge in [0.25, 0.3) is 0 Å². The molecule has 1 saturated heterocycles. The van der Waals surface area contributed by atoms with Crippen molar-refractivity contribution in [2.45, 2.75) is 30.8 Å². The minimum absolute atomic E-state index is 0.0350. The van der Waals surface area contributed by atoms with Crippen molar-refractivity contribution in [3.63, 3.8) is 0 Å². The molecule has 0 aliphatic carbocycles. The summed E-state index contributed by atoms with van der Waals surface area (Å²) in [7, 11) is 1.50. The van der Waals surface area contributed by atoms with E-state index >= 15 is 0 Å². The summed E-state index contributed by atoms with van der Waals surface area (Å²) in [6, 6.07) is 5.83. The number of hydrogen-bond donors (Lipinski definition) is 2. The zero-order valence-electron chi connectivity index (χ0n) is 19.2. The van der Waals surface area contributed by atoms with E-state index in [0.29, 0.717) is 22.3 Å². The molecule has 194 valence electrons. The molecule has 3 heterocycles. The van der Waals surface area contributed by atoms with Crippen LogP contribution in [0.5, 0.6) is 5.75 Å². The molecule has 10 nitrogen and oxygen atoms in total. The van der Waals surface area contributed by atoms with Gasteiger partial charge < -0.3 is 19.7 Å². The van der Waals surface area contributed by atoms with E-state index in [4.69, 9.17) is 21.1 Å². The number of halogens is 4. The highest BCUT2D eigenvalue weighted by molar-refractivity contribution is 6.30. The smallest absolute Gasteiger partial charge is 0.194 e. The van der Waals surface area contributed by atoms with Gasteiger partial charge in [-0.15, -0.1) is 15.3 Å². The standard InChI is InChI=1S/C23H20ClF3N6O4/c1-36-18-3-2-12(24)6-16(18)32-10-28-30-23(32)19-7-17(22(35)20(9-34)37-19)33-8-15(29-31-33)11-4-13(25)21(27)14(26)5-11/h2-6,8,10,17,19-20,22,34-35H,7,9H2,1H3. The summed E-state index contributed by atoms with van der Waals surface area (Å²) in [6.45, 7) is -0.515. The number of nitrogens with zero attached hydrogens (tertiary/aromatic N) is 6. The lowest BCUT2D eigenvalue weighted by molar-refractivity contribution is -0.161. The van der Waals surface area contributed by atoms with E-state index in [9.17, 15) is 23.4 Å². The van der Waals surface area contributed by atoms with Crippen LogP contribution >= 0.6 is 11.6 Å². The van der Waals surface area contributed by atoms with Crippen molar-refractivity contribution < 1.29 is 32.9 Å². The molecule has 2 N–H and O–H groups in total. The van der Waals surface area contributed by atoms with Crippen LogP contribution in [0.2, 0.25) is 5.02 Å². The third-order valence-electron chi connectivity index (χ3n) is 6.14. The zero-order valence-corrected chi connectivity index (χ0v) is 19.9. The Balaban J connectivity index is 1.49. The molecule has 2 aromatic heterocycles. The second-order valence-corrected chi connectivity index (χ2v) is 8.79. The van der Waals surface area contributed by atoms with Gasteiger partial charge in [-0.05, 0) is 30.3 Å². The molecule has 37 heavy (non-hydrogen) atoms. The second-order valence-electron chi connectivity index (χ2n) is 8.35. The van der Waals surface area contributed by atoms with Crippen LogP contribution in [0.15, 0.2) is 42.9 Å². The Labute approximate surface area is 212 Å². The average molecular weight is 537 g/mol. The van der Waals surface area contributed by atoms with Crippen molar-refractivity contribution in [3.05, 3.63) is 71.2 Å². The maximum atomic E-state index is 13.7. The van der Waals surface area contributed by atoms with Gasteiger partial charge in [0, 0.05) is 17.0 Å². The molecule has 0 spiro atoms. The summed E-state index contributed by atoms with van der Waals surface area (Å²) in [4.78, 5) is 0. The minimum atomic E-state index is -1.59. The van der Waals surface area contributed by atoms with Crippen LogP contribution in [0.1, 0.15) is 24.4 Å². The van der Waals surface area contributed by atoms with Crippen molar-refractivity contribution in [2.75, 3.05) is 13.7 Å². The Bertz CT molecular complexity index is 1410. The van der Waals surface area contributed by atoms with Crippen LogP contribution < -0.4 is 4.74 Å². The van der Waals surface area contributed by atoms with Crippen LogP contribution in [0.25, 0.3) is 16.9 Å². The maximum absolute atomic E-state index is 13.7. The van der Waals surface area contributed by atoms with Crippen molar-refractivity contribution in [3.8, 4) is 22.7 Å². The first-order valence-corrected chi connectivity index (χ1v) is 11.4.